The number of Topliss-reactive ketones (excluding diaryl/α,β-unsaturated/α-hetero) is 1. The normalized spacial score (nSPS) is 21.7. The quantitative estimate of drug-likeness (QED) is 0.382. The van der Waals surface area contributed by atoms with Crippen LogP contribution >= 0.6 is 43.5 Å². The van der Waals surface area contributed by atoms with Gasteiger partial charge in [-0.25, -0.2) is 0 Å². The van der Waals surface area contributed by atoms with Crippen molar-refractivity contribution in [1.82, 2.24) is 9.88 Å². The van der Waals surface area contributed by atoms with Gasteiger partial charge in [0.05, 0.1) is 5.69 Å². The molecule has 2 heterocycles. The highest BCUT2D eigenvalue weighted by molar-refractivity contribution is 9.10. The smallest absolute Gasteiger partial charge is 0.222 e. The molecule has 1 saturated heterocycles. The van der Waals surface area contributed by atoms with Crippen LogP contribution in [0.2, 0.25) is 5.02 Å². The van der Waals surface area contributed by atoms with Gasteiger partial charge in [0.25, 0.3) is 0 Å². The summed E-state index contributed by atoms with van der Waals surface area (Å²) in [5.41, 5.74) is 5.07. The highest BCUT2D eigenvalue weighted by atomic mass is 79.9. The number of amides is 1. The van der Waals surface area contributed by atoms with Crippen LogP contribution in [-0.4, -0.2) is 34.7 Å². The van der Waals surface area contributed by atoms with Gasteiger partial charge in [0, 0.05) is 58.4 Å². The number of carbonyl (C=O) groups is 2. The molecule has 4 nitrogen and oxygen atoms in total. The van der Waals surface area contributed by atoms with E-state index in [4.69, 9.17) is 16.6 Å². The molecule has 180 valence electrons. The minimum Gasteiger partial charge on any atom is -0.343 e. The van der Waals surface area contributed by atoms with Crippen molar-refractivity contribution in [3.8, 4) is 0 Å². The third kappa shape index (κ3) is 5.15. The number of rotatable bonds is 3. The van der Waals surface area contributed by atoms with E-state index in [1.54, 1.807) is 0 Å². The first kappa shape index (κ1) is 24.5. The summed E-state index contributed by atoms with van der Waals surface area (Å²) in [6.45, 7) is 1.58. The molecule has 7 heteroatoms. The van der Waals surface area contributed by atoms with E-state index in [0.29, 0.717) is 36.9 Å². The number of piperidine rings is 1. The fourth-order valence-corrected chi connectivity index (χ4v) is 7.59. The first-order valence-electron chi connectivity index (χ1n) is 12.3. The van der Waals surface area contributed by atoms with E-state index in [9.17, 15) is 9.59 Å². The number of benzene rings is 1. The van der Waals surface area contributed by atoms with Crippen LogP contribution in [0.15, 0.2) is 33.3 Å². The molecule has 0 N–H and O–H groups in total. The number of pyridine rings is 1. The third-order valence-electron chi connectivity index (χ3n) is 7.91. The Hall–Kier alpha value is -1.24. The van der Waals surface area contributed by atoms with Crippen molar-refractivity contribution in [2.75, 3.05) is 13.1 Å². The number of aromatic nitrogens is 1. The van der Waals surface area contributed by atoms with Gasteiger partial charge in [-0.15, -0.1) is 0 Å². The number of fused-ring (bicyclic) bond motifs is 2. The summed E-state index contributed by atoms with van der Waals surface area (Å²) >= 11 is 13.9. The second-order valence-electron chi connectivity index (χ2n) is 10.0. The van der Waals surface area contributed by atoms with Gasteiger partial charge in [0.1, 0.15) is 5.78 Å². The maximum absolute atomic E-state index is 13.0. The number of carbonyl (C=O) groups excluding carboxylic acids is 2. The predicted octanol–water partition coefficient (Wildman–Crippen LogP) is 6.88. The molecule has 2 fully saturated rings. The Morgan fingerprint density at radius 2 is 1.71 bits per heavy atom. The Balaban J connectivity index is 1.36. The minimum atomic E-state index is 0.189. The van der Waals surface area contributed by atoms with Crippen molar-refractivity contribution >= 4 is 55.2 Å². The molecule has 0 bridgehead atoms. The number of ketones is 1. The summed E-state index contributed by atoms with van der Waals surface area (Å²) in [6.07, 6.45) is 9.34. The van der Waals surface area contributed by atoms with E-state index < -0.39 is 0 Å². The lowest BCUT2D eigenvalue weighted by Gasteiger charge is -2.37. The van der Waals surface area contributed by atoms with E-state index in [-0.39, 0.29) is 11.8 Å². The largest absolute Gasteiger partial charge is 0.343 e. The monoisotopic (exact) mass is 606 g/mol. The predicted molar refractivity (Wildman–Crippen MR) is 141 cm³/mol. The van der Waals surface area contributed by atoms with Crippen molar-refractivity contribution in [1.29, 1.82) is 0 Å². The van der Waals surface area contributed by atoms with Crippen molar-refractivity contribution < 1.29 is 9.59 Å². The Bertz CT molecular complexity index is 1100. The van der Waals surface area contributed by atoms with Crippen molar-refractivity contribution in [2.45, 2.75) is 63.7 Å². The lowest BCUT2D eigenvalue weighted by Crippen LogP contribution is -2.41. The maximum atomic E-state index is 13.0. The molecule has 3 aliphatic rings. The molecule has 1 saturated carbocycles. The molecule has 1 amide bonds. The molecule has 0 radical (unpaired) electrons. The molecule has 5 rings (SSSR count). The maximum Gasteiger partial charge on any atom is 0.222 e. The SMILES string of the molecule is O=C1CCC(CC(=O)N2CCC(C3c4ncc(Br)cc4CCc4cc(Cl)cc(Br)c43)CC2)CC1. The van der Waals surface area contributed by atoms with E-state index in [1.807, 2.05) is 12.3 Å². The molecule has 2 aliphatic carbocycles. The van der Waals surface area contributed by atoms with Crippen molar-refractivity contribution in [3.63, 3.8) is 0 Å². The average Bonchev–Trinajstić information content (AvgIpc) is 2.97. The van der Waals surface area contributed by atoms with Crippen LogP contribution in [0.25, 0.3) is 0 Å². The molecule has 1 aromatic heterocycles. The summed E-state index contributed by atoms with van der Waals surface area (Å²) in [7, 11) is 0. The van der Waals surface area contributed by atoms with Crippen LogP contribution in [-0.2, 0) is 22.4 Å². The van der Waals surface area contributed by atoms with Gasteiger partial charge >= 0.3 is 0 Å². The molecule has 2 aromatic rings. The zero-order valence-corrected chi connectivity index (χ0v) is 23.1. The van der Waals surface area contributed by atoms with Gasteiger partial charge in [-0.05, 0) is 101 Å². The topological polar surface area (TPSA) is 50.3 Å². The summed E-state index contributed by atoms with van der Waals surface area (Å²) in [4.78, 5) is 31.5. The third-order valence-corrected chi connectivity index (χ3v) is 9.22. The van der Waals surface area contributed by atoms with E-state index in [2.05, 4.69) is 48.9 Å². The molecule has 1 unspecified atom stereocenters. The summed E-state index contributed by atoms with van der Waals surface area (Å²) in [5, 5.41) is 0.759. The summed E-state index contributed by atoms with van der Waals surface area (Å²) < 4.78 is 2.07. The highest BCUT2D eigenvalue weighted by Crippen LogP contribution is 2.46. The Morgan fingerprint density at radius 1 is 1.00 bits per heavy atom. The van der Waals surface area contributed by atoms with Gasteiger partial charge in [0.2, 0.25) is 5.91 Å². The van der Waals surface area contributed by atoms with Crippen molar-refractivity contribution in [3.05, 3.63) is 60.7 Å². The van der Waals surface area contributed by atoms with Gasteiger partial charge < -0.3 is 4.90 Å². The number of aryl methyl sites for hydroxylation is 2. The first-order chi connectivity index (χ1) is 16.4. The lowest BCUT2D eigenvalue weighted by molar-refractivity contribution is -0.134. The average molecular weight is 609 g/mol. The first-order valence-corrected chi connectivity index (χ1v) is 14.3. The second-order valence-corrected chi connectivity index (χ2v) is 12.2. The molecule has 1 aromatic carbocycles. The second kappa shape index (κ2) is 10.4. The number of hydrogen-bond donors (Lipinski definition) is 0. The fourth-order valence-electron chi connectivity index (χ4n) is 6.09. The summed E-state index contributed by atoms with van der Waals surface area (Å²) in [6, 6.07) is 6.33. The number of hydrogen-bond acceptors (Lipinski definition) is 3. The van der Waals surface area contributed by atoms with Gasteiger partial charge in [-0.3, -0.25) is 14.6 Å². The van der Waals surface area contributed by atoms with Crippen LogP contribution in [0.4, 0.5) is 0 Å². The fraction of sp³-hybridized carbons (Fsp3) is 0.519. The number of likely N-dealkylation sites (tertiary alicyclic amines) is 1. The van der Waals surface area contributed by atoms with Crippen LogP contribution in [0.3, 0.4) is 0 Å². The number of halogens is 3. The van der Waals surface area contributed by atoms with Gasteiger partial charge in [-0.2, -0.15) is 0 Å². The Kier molecular flexibility index (Phi) is 7.48. The van der Waals surface area contributed by atoms with Gasteiger partial charge in [0.15, 0.2) is 0 Å². The lowest BCUT2D eigenvalue weighted by atomic mass is 9.76. The molecule has 1 aliphatic heterocycles. The zero-order chi connectivity index (χ0) is 23.8. The van der Waals surface area contributed by atoms with E-state index in [0.717, 1.165) is 65.6 Å². The van der Waals surface area contributed by atoms with Crippen LogP contribution in [0.1, 0.15) is 73.2 Å². The molecular weight excluding hydrogens is 580 g/mol. The number of nitrogens with zero attached hydrogens (tertiary/aromatic N) is 2. The Morgan fingerprint density at radius 3 is 2.44 bits per heavy atom. The van der Waals surface area contributed by atoms with Crippen LogP contribution in [0.5, 0.6) is 0 Å². The van der Waals surface area contributed by atoms with Crippen LogP contribution in [0, 0.1) is 11.8 Å². The van der Waals surface area contributed by atoms with E-state index >= 15 is 0 Å². The van der Waals surface area contributed by atoms with E-state index in [1.165, 1.54) is 22.4 Å². The van der Waals surface area contributed by atoms with Gasteiger partial charge in [-0.1, -0.05) is 27.5 Å². The molecule has 34 heavy (non-hydrogen) atoms. The minimum absolute atomic E-state index is 0.189. The summed E-state index contributed by atoms with van der Waals surface area (Å²) in [5.74, 6) is 1.58. The molecule has 0 spiro atoms. The van der Waals surface area contributed by atoms with Crippen LogP contribution < -0.4 is 0 Å². The highest BCUT2D eigenvalue weighted by Gasteiger charge is 2.36. The molecule has 1 atom stereocenters. The zero-order valence-electron chi connectivity index (χ0n) is 19.2. The van der Waals surface area contributed by atoms with Crippen molar-refractivity contribution in [2.24, 2.45) is 11.8 Å². The molecular formula is C27H29Br2ClN2O2. The standard InChI is InChI=1S/C27H29Br2ClN2O2/c28-20-12-19-4-3-18-13-21(30)14-23(29)25(18)26(27(19)31-15-20)17-7-9-32(10-8-17)24(34)11-16-1-5-22(33)6-2-16/h12-17,26H,1-11H2. The Labute approximate surface area is 223 Å².